The molecule has 0 aliphatic heterocycles. The number of thiophene rings is 1. The lowest BCUT2D eigenvalue weighted by Gasteiger charge is -2.25. The molecule has 0 fully saturated rings. The van der Waals surface area contributed by atoms with Gasteiger partial charge in [0.15, 0.2) is 0 Å². The van der Waals surface area contributed by atoms with E-state index in [0.717, 1.165) is 9.21 Å². The zero-order valence-electron chi connectivity index (χ0n) is 10.8. The Morgan fingerprint density at radius 1 is 1.61 bits per heavy atom. The maximum atomic E-state index is 12.1. The van der Waals surface area contributed by atoms with E-state index in [9.17, 15) is 4.79 Å². The molecular weight excluding hydrogens is 268 g/mol. The Kier molecular flexibility index (Phi) is 5.38. The van der Waals surface area contributed by atoms with Gasteiger partial charge in [-0.3, -0.25) is 4.79 Å². The van der Waals surface area contributed by atoms with E-state index in [0.29, 0.717) is 19.5 Å². The minimum atomic E-state index is -0.496. The van der Waals surface area contributed by atoms with Crippen LogP contribution in [0.5, 0.6) is 0 Å². The molecule has 1 rings (SSSR count). The molecule has 0 aromatic carbocycles. The summed E-state index contributed by atoms with van der Waals surface area (Å²) in [5.74, 6) is 0.0342. The van der Waals surface area contributed by atoms with Crippen LogP contribution in [0.1, 0.15) is 25.1 Å². The molecule has 2 N–H and O–H groups in total. The molecule has 100 valence electrons. The highest BCUT2D eigenvalue weighted by atomic mass is 35.5. The highest BCUT2D eigenvalue weighted by Gasteiger charge is 2.21. The van der Waals surface area contributed by atoms with Crippen molar-refractivity contribution in [1.29, 1.82) is 0 Å². The van der Waals surface area contributed by atoms with Crippen LogP contribution in [0.3, 0.4) is 0 Å². The molecule has 1 aromatic rings. The average molecular weight is 287 g/mol. The number of hydrogen-bond acceptors (Lipinski definition) is 3. The van der Waals surface area contributed by atoms with E-state index in [4.69, 9.17) is 17.3 Å². The van der Waals surface area contributed by atoms with Gasteiger partial charge >= 0.3 is 0 Å². The molecule has 0 saturated carbocycles. The zero-order valence-corrected chi connectivity index (χ0v) is 12.4. The standard InChI is InChI=1S/C13H19ClN2OS/c1-4-7-16(12(17)8-13(2,3)15)9-10-5-6-11(14)18-10/h4-6H,1,7-9,15H2,2-3H3. The Bertz CT molecular complexity index is 423. The summed E-state index contributed by atoms with van der Waals surface area (Å²) in [5, 5.41) is 0. The summed E-state index contributed by atoms with van der Waals surface area (Å²) in [6, 6.07) is 3.77. The second-order valence-corrected chi connectivity index (χ2v) is 6.73. The van der Waals surface area contributed by atoms with Crippen molar-refractivity contribution in [1.82, 2.24) is 4.90 Å². The number of hydrogen-bond donors (Lipinski definition) is 1. The van der Waals surface area contributed by atoms with Crippen molar-refractivity contribution < 1.29 is 4.79 Å². The molecule has 0 saturated heterocycles. The van der Waals surface area contributed by atoms with Crippen LogP contribution in [0.15, 0.2) is 24.8 Å². The predicted octanol–water partition coefficient (Wildman–Crippen LogP) is 3.04. The van der Waals surface area contributed by atoms with Gasteiger partial charge in [0, 0.05) is 23.4 Å². The molecule has 0 spiro atoms. The van der Waals surface area contributed by atoms with Gasteiger partial charge in [-0.2, -0.15) is 0 Å². The summed E-state index contributed by atoms with van der Waals surface area (Å²) in [5.41, 5.74) is 5.38. The molecule has 1 amide bonds. The first-order valence-electron chi connectivity index (χ1n) is 5.73. The van der Waals surface area contributed by atoms with E-state index in [-0.39, 0.29) is 5.91 Å². The Hall–Kier alpha value is -0.840. The van der Waals surface area contributed by atoms with Crippen LogP contribution in [-0.4, -0.2) is 22.9 Å². The molecule has 0 radical (unpaired) electrons. The molecule has 0 unspecified atom stereocenters. The first kappa shape index (κ1) is 15.2. The third-order valence-corrected chi connectivity index (χ3v) is 3.50. The fourth-order valence-electron chi connectivity index (χ4n) is 1.54. The second-order valence-electron chi connectivity index (χ2n) is 4.93. The zero-order chi connectivity index (χ0) is 13.8. The SMILES string of the molecule is C=CCN(Cc1ccc(Cl)s1)C(=O)CC(C)(C)N. The summed E-state index contributed by atoms with van der Waals surface area (Å²) in [6.07, 6.45) is 2.04. The third kappa shape index (κ3) is 5.21. The van der Waals surface area contributed by atoms with E-state index in [2.05, 4.69) is 6.58 Å². The highest BCUT2D eigenvalue weighted by Crippen LogP contribution is 2.23. The van der Waals surface area contributed by atoms with Crippen LogP contribution in [0.4, 0.5) is 0 Å². The lowest BCUT2D eigenvalue weighted by atomic mass is 10.0. The molecule has 3 nitrogen and oxygen atoms in total. The minimum absolute atomic E-state index is 0.0342. The number of carbonyl (C=O) groups excluding carboxylic acids is 1. The van der Waals surface area contributed by atoms with Crippen LogP contribution in [0.25, 0.3) is 0 Å². The summed E-state index contributed by atoms with van der Waals surface area (Å²) < 4.78 is 0.732. The van der Waals surface area contributed by atoms with Gasteiger partial charge in [0.1, 0.15) is 0 Å². The van der Waals surface area contributed by atoms with Gasteiger partial charge in [-0.1, -0.05) is 17.7 Å². The van der Waals surface area contributed by atoms with Crippen molar-refractivity contribution in [3.8, 4) is 0 Å². The third-order valence-electron chi connectivity index (χ3n) is 2.28. The number of nitrogens with zero attached hydrogens (tertiary/aromatic N) is 1. The molecule has 0 aliphatic rings. The Morgan fingerprint density at radius 2 is 2.28 bits per heavy atom. The molecule has 5 heteroatoms. The highest BCUT2D eigenvalue weighted by molar-refractivity contribution is 7.16. The normalized spacial score (nSPS) is 11.3. The van der Waals surface area contributed by atoms with Gasteiger partial charge in [-0.05, 0) is 26.0 Å². The Balaban J connectivity index is 2.70. The first-order chi connectivity index (χ1) is 8.31. The predicted molar refractivity (Wildman–Crippen MR) is 77.8 cm³/mol. The molecule has 18 heavy (non-hydrogen) atoms. The van der Waals surface area contributed by atoms with Crippen LogP contribution in [0.2, 0.25) is 4.34 Å². The molecule has 1 aromatic heterocycles. The Labute approximate surface area is 117 Å². The van der Waals surface area contributed by atoms with Crippen molar-refractivity contribution in [3.63, 3.8) is 0 Å². The van der Waals surface area contributed by atoms with Gasteiger partial charge in [-0.25, -0.2) is 0 Å². The summed E-state index contributed by atoms with van der Waals surface area (Å²) in [7, 11) is 0. The monoisotopic (exact) mass is 286 g/mol. The molecule has 0 aliphatic carbocycles. The fraction of sp³-hybridized carbons (Fsp3) is 0.462. The Morgan fingerprint density at radius 3 is 2.72 bits per heavy atom. The van der Waals surface area contributed by atoms with Gasteiger partial charge in [0.2, 0.25) is 5.91 Å². The summed E-state index contributed by atoms with van der Waals surface area (Å²) in [6.45, 7) is 8.44. The fourth-order valence-corrected chi connectivity index (χ4v) is 2.64. The maximum absolute atomic E-state index is 12.1. The largest absolute Gasteiger partial charge is 0.334 e. The van der Waals surface area contributed by atoms with Gasteiger partial charge in [0.25, 0.3) is 0 Å². The van der Waals surface area contributed by atoms with Gasteiger partial charge in [-0.15, -0.1) is 17.9 Å². The molecule has 0 bridgehead atoms. The van der Waals surface area contributed by atoms with Crippen molar-refractivity contribution >= 4 is 28.8 Å². The number of halogens is 1. The minimum Gasteiger partial charge on any atom is -0.334 e. The lowest BCUT2D eigenvalue weighted by Crippen LogP contribution is -2.41. The average Bonchev–Trinajstić information content (AvgIpc) is 2.61. The van der Waals surface area contributed by atoms with E-state index in [1.54, 1.807) is 11.0 Å². The summed E-state index contributed by atoms with van der Waals surface area (Å²) >= 11 is 7.37. The smallest absolute Gasteiger partial charge is 0.225 e. The van der Waals surface area contributed by atoms with Crippen LogP contribution >= 0.6 is 22.9 Å². The van der Waals surface area contributed by atoms with Gasteiger partial charge in [0.05, 0.1) is 10.9 Å². The van der Waals surface area contributed by atoms with Crippen molar-refractivity contribution in [2.24, 2.45) is 5.73 Å². The number of amides is 1. The van der Waals surface area contributed by atoms with Crippen LogP contribution in [-0.2, 0) is 11.3 Å². The molecule has 1 heterocycles. The number of nitrogens with two attached hydrogens (primary N) is 1. The van der Waals surface area contributed by atoms with E-state index >= 15 is 0 Å². The molecule has 0 atom stereocenters. The quantitative estimate of drug-likeness (QED) is 0.817. The number of rotatable bonds is 6. The lowest BCUT2D eigenvalue weighted by molar-refractivity contribution is -0.132. The van der Waals surface area contributed by atoms with Crippen molar-refractivity contribution in [2.45, 2.75) is 32.4 Å². The van der Waals surface area contributed by atoms with E-state index < -0.39 is 5.54 Å². The molecular formula is C13H19ClN2OS. The number of carbonyl (C=O) groups is 1. The second kappa shape index (κ2) is 6.36. The first-order valence-corrected chi connectivity index (χ1v) is 6.93. The van der Waals surface area contributed by atoms with Crippen molar-refractivity contribution in [2.75, 3.05) is 6.54 Å². The maximum Gasteiger partial charge on any atom is 0.225 e. The topological polar surface area (TPSA) is 46.3 Å². The van der Waals surface area contributed by atoms with E-state index in [1.807, 2.05) is 26.0 Å². The summed E-state index contributed by atoms with van der Waals surface area (Å²) in [4.78, 5) is 14.9. The van der Waals surface area contributed by atoms with Crippen molar-refractivity contribution in [3.05, 3.63) is 34.0 Å². The van der Waals surface area contributed by atoms with E-state index in [1.165, 1.54) is 11.3 Å². The van der Waals surface area contributed by atoms with Crippen LogP contribution in [0, 0.1) is 0 Å². The van der Waals surface area contributed by atoms with Crippen LogP contribution < -0.4 is 5.73 Å². The van der Waals surface area contributed by atoms with Gasteiger partial charge < -0.3 is 10.6 Å².